The molecule has 0 spiro atoms. The lowest BCUT2D eigenvalue weighted by molar-refractivity contribution is -0.383. The lowest BCUT2D eigenvalue weighted by Gasteiger charge is -2.44. The number of nitro groups is 1. The van der Waals surface area contributed by atoms with Crippen LogP contribution in [0.25, 0.3) is 11.3 Å². The molecular formula is C20H22F4N4O3. The summed E-state index contributed by atoms with van der Waals surface area (Å²) in [5, 5.41) is 11.6. The SMILES string of the molecule is COCC1(CN(C)c2cc(-c3ccc(F)c(C(F)(F)F)c3)nc(N)c2[N+](=O)[O-])CCC1. The summed E-state index contributed by atoms with van der Waals surface area (Å²) in [6, 6.07) is 3.73. The minimum Gasteiger partial charge on any atom is -0.384 e. The molecule has 31 heavy (non-hydrogen) atoms. The number of alkyl halides is 3. The zero-order valence-electron chi connectivity index (χ0n) is 17.0. The molecule has 0 bridgehead atoms. The number of hydrogen-bond donors (Lipinski definition) is 1. The van der Waals surface area contributed by atoms with E-state index in [2.05, 4.69) is 4.98 Å². The zero-order chi connectivity index (χ0) is 23.0. The number of nitrogens with zero attached hydrogens (tertiary/aromatic N) is 3. The van der Waals surface area contributed by atoms with Crippen LogP contribution in [0.4, 0.5) is 34.8 Å². The molecule has 2 N–H and O–H groups in total. The van der Waals surface area contributed by atoms with Crippen LogP contribution in [0, 0.1) is 21.3 Å². The average Bonchev–Trinajstić information content (AvgIpc) is 2.64. The number of aromatic nitrogens is 1. The summed E-state index contributed by atoms with van der Waals surface area (Å²) in [6.45, 7) is 0.910. The van der Waals surface area contributed by atoms with Crippen molar-refractivity contribution in [2.24, 2.45) is 5.41 Å². The van der Waals surface area contributed by atoms with Gasteiger partial charge in [-0.05, 0) is 37.1 Å². The van der Waals surface area contributed by atoms with E-state index in [9.17, 15) is 27.7 Å². The van der Waals surface area contributed by atoms with Crippen LogP contribution in [0.3, 0.4) is 0 Å². The van der Waals surface area contributed by atoms with Gasteiger partial charge in [-0.25, -0.2) is 9.37 Å². The van der Waals surface area contributed by atoms with Gasteiger partial charge in [-0.1, -0.05) is 6.42 Å². The van der Waals surface area contributed by atoms with Crippen LogP contribution in [0.2, 0.25) is 0 Å². The van der Waals surface area contributed by atoms with Crippen molar-refractivity contribution in [2.45, 2.75) is 25.4 Å². The van der Waals surface area contributed by atoms with E-state index in [0.29, 0.717) is 25.3 Å². The van der Waals surface area contributed by atoms with E-state index in [-0.39, 0.29) is 22.4 Å². The number of anilines is 2. The third kappa shape index (κ3) is 4.55. The van der Waals surface area contributed by atoms with Gasteiger partial charge in [-0.3, -0.25) is 10.1 Å². The summed E-state index contributed by atoms with van der Waals surface area (Å²) in [5.41, 5.74) is 3.80. The standard InChI is InChI=1S/C20H22F4N4O3/c1-27(10-19(11-31-2)6-3-7-19)16-9-15(26-18(25)17(16)28(29)30)12-4-5-14(21)13(8-12)20(22,23)24/h4-5,8-9H,3,6-7,10-11H2,1-2H3,(H2,25,26). The first-order valence-corrected chi connectivity index (χ1v) is 9.49. The van der Waals surface area contributed by atoms with E-state index in [1.165, 1.54) is 6.07 Å². The van der Waals surface area contributed by atoms with Crippen molar-refractivity contribution in [3.63, 3.8) is 0 Å². The van der Waals surface area contributed by atoms with Crippen molar-refractivity contribution in [2.75, 3.05) is 37.9 Å². The molecule has 1 heterocycles. The molecule has 0 radical (unpaired) electrons. The predicted molar refractivity (Wildman–Crippen MR) is 107 cm³/mol. The van der Waals surface area contributed by atoms with Gasteiger partial charge in [0.2, 0.25) is 5.82 Å². The summed E-state index contributed by atoms with van der Waals surface area (Å²) < 4.78 is 58.3. The zero-order valence-corrected chi connectivity index (χ0v) is 17.0. The number of pyridine rings is 1. The van der Waals surface area contributed by atoms with Crippen molar-refractivity contribution in [3.05, 3.63) is 45.8 Å². The largest absolute Gasteiger partial charge is 0.419 e. The molecule has 168 valence electrons. The highest BCUT2D eigenvalue weighted by Crippen LogP contribution is 2.44. The first kappa shape index (κ1) is 22.7. The molecular weight excluding hydrogens is 420 g/mol. The second-order valence-electron chi connectivity index (χ2n) is 7.85. The Hall–Kier alpha value is -2.95. The molecule has 0 amide bonds. The first-order chi connectivity index (χ1) is 14.5. The van der Waals surface area contributed by atoms with Gasteiger partial charge in [0.15, 0.2) is 0 Å². The fourth-order valence-corrected chi connectivity index (χ4v) is 3.99. The molecule has 0 aliphatic heterocycles. The highest BCUT2D eigenvalue weighted by molar-refractivity contribution is 5.79. The Morgan fingerprint density at radius 1 is 1.32 bits per heavy atom. The van der Waals surface area contributed by atoms with Crippen LogP contribution in [0.15, 0.2) is 24.3 Å². The molecule has 0 saturated heterocycles. The summed E-state index contributed by atoms with van der Waals surface area (Å²) in [7, 11) is 3.23. The number of rotatable bonds is 7. The van der Waals surface area contributed by atoms with Gasteiger partial charge < -0.3 is 15.4 Å². The minimum atomic E-state index is -4.90. The predicted octanol–water partition coefficient (Wildman–Crippen LogP) is 4.65. The van der Waals surface area contributed by atoms with E-state index in [1.807, 2.05) is 0 Å². The highest BCUT2D eigenvalue weighted by Gasteiger charge is 2.39. The number of hydrogen-bond acceptors (Lipinski definition) is 6. The van der Waals surface area contributed by atoms with Gasteiger partial charge >= 0.3 is 11.9 Å². The molecule has 1 aliphatic rings. The minimum absolute atomic E-state index is 0.0233. The maximum atomic E-state index is 13.7. The molecule has 7 nitrogen and oxygen atoms in total. The van der Waals surface area contributed by atoms with Crippen LogP contribution in [-0.4, -0.2) is 37.2 Å². The van der Waals surface area contributed by atoms with Crippen molar-refractivity contribution >= 4 is 17.2 Å². The van der Waals surface area contributed by atoms with Gasteiger partial charge in [0.05, 0.1) is 22.8 Å². The fourth-order valence-electron chi connectivity index (χ4n) is 3.99. The van der Waals surface area contributed by atoms with Crippen LogP contribution >= 0.6 is 0 Å². The number of benzene rings is 1. The smallest absolute Gasteiger partial charge is 0.384 e. The maximum Gasteiger partial charge on any atom is 0.419 e. The van der Waals surface area contributed by atoms with Crippen LogP contribution < -0.4 is 10.6 Å². The monoisotopic (exact) mass is 442 g/mol. The average molecular weight is 442 g/mol. The molecule has 1 aromatic carbocycles. The Kier molecular flexibility index (Phi) is 6.08. The summed E-state index contributed by atoms with van der Waals surface area (Å²) in [5.74, 6) is -1.85. The molecule has 2 aromatic rings. The summed E-state index contributed by atoms with van der Waals surface area (Å²) in [6.07, 6.45) is -2.11. The van der Waals surface area contributed by atoms with E-state index >= 15 is 0 Å². The van der Waals surface area contributed by atoms with Crippen LogP contribution in [-0.2, 0) is 10.9 Å². The molecule has 1 saturated carbocycles. The Morgan fingerprint density at radius 3 is 2.52 bits per heavy atom. The maximum absolute atomic E-state index is 13.7. The Bertz CT molecular complexity index is 993. The van der Waals surface area contributed by atoms with Crippen LogP contribution in [0.5, 0.6) is 0 Å². The Balaban J connectivity index is 2.07. The fraction of sp³-hybridized carbons (Fsp3) is 0.450. The van der Waals surface area contributed by atoms with Crippen molar-refractivity contribution in [1.82, 2.24) is 4.98 Å². The third-order valence-corrected chi connectivity index (χ3v) is 5.60. The number of nitrogen functional groups attached to an aromatic ring is 1. The van der Waals surface area contributed by atoms with E-state index in [1.54, 1.807) is 19.1 Å². The number of nitrogens with two attached hydrogens (primary N) is 1. The lowest BCUT2D eigenvalue weighted by Crippen LogP contribution is -2.44. The molecule has 1 aromatic heterocycles. The topological polar surface area (TPSA) is 94.5 Å². The van der Waals surface area contributed by atoms with Gasteiger partial charge in [-0.2, -0.15) is 13.2 Å². The van der Waals surface area contributed by atoms with E-state index < -0.39 is 34.0 Å². The van der Waals surface area contributed by atoms with Crippen molar-refractivity contribution < 1.29 is 27.2 Å². The quantitative estimate of drug-likeness (QED) is 0.381. The Morgan fingerprint density at radius 2 is 2.00 bits per heavy atom. The van der Waals surface area contributed by atoms with Crippen molar-refractivity contribution in [3.8, 4) is 11.3 Å². The summed E-state index contributed by atoms with van der Waals surface area (Å²) >= 11 is 0. The van der Waals surface area contributed by atoms with Crippen molar-refractivity contribution in [1.29, 1.82) is 0 Å². The molecule has 1 fully saturated rings. The van der Waals surface area contributed by atoms with E-state index in [4.69, 9.17) is 10.5 Å². The summed E-state index contributed by atoms with van der Waals surface area (Å²) in [4.78, 5) is 16.5. The molecule has 0 atom stereocenters. The van der Waals surface area contributed by atoms with Gasteiger partial charge in [0.1, 0.15) is 11.5 Å². The Labute approximate surface area is 176 Å². The van der Waals surface area contributed by atoms with E-state index in [0.717, 1.165) is 25.3 Å². The van der Waals surface area contributed by atoms with Crippen LogP contribution in [0.1, 0.15) is 24.8 Å². The number of ether oxygens (including phenoxy) is 1. The lowest BCUT2D eigenvalue weighted by atomic mass is 9.69. The third-order valence-electron chi connectivity index (χ3n) is 5.60. The molecule has 3 rings (SSSR count). The van der Waals surface area contributed by atoms with Gasteiger partial charge in [0.25, 0.3) is 0 Å². The molecule has 0 unspecified atom stereocenters. The number of methoxy groups -OCH3 is 1. The molecule has 11 heteroatoms. The van der Waals surface area contributed by atoms with Gasteiger partial charge in [0, 0.05) is 31.7 Å². The molecule has 1 aliphatic carbocycles. The normalized spacial score (nSPS) is 15.4. The number of halogens is 4. The second kappa shape index (κ2) is 8.29. The second-order valence-corrected chi connectivity index (χ2v) is 7.85. The van der Waals surface area contributed by atoms with Gasteiger partial charge in [-0.15, -0.1) is 0 Å². The highest BCUT2D eigenvalue weighted by atomic mass is 19.4. The first-order valence-electron chi connectivity index (χ1n) is 9.49.